The molecule has 2 aromatic rings. The highest BCUT2D eigenvalue weighted by Crippen LogP contribution is 2.34. The summed E-state index contributed by atoms with van der Waals surface area (Å²) < 4.78 is 5.76. The molecular weight excluding hydrogens is 284 g/mol. The first kappa shape index (κ1) is 14.2. The molecule has 1 aliphatic rings. The summed E-state index contributed by atoms with van der Waals surface area (Å²) in [5.41, 5.74) is 10.3. The highest BCUT2D eigenvalue weighted by Gasteiger charge is 2.18. The number of ether oxygens (including phenoxy) is 1. The molecule has 0 fully saturated rings. The van der Waals surface area contributed by atoms with Crippen LogP contribution in [-0.4, -0.2) is 13.7 Å². The normalized spacial score (nSPS) is 12.9. The van der Waals surface area contributed by atoms with Crippen LogP contribution in [0.1, 0.15) is 16.7 Å². The van der Waals surface area contributed by atoms with Gasteiger partial charge in [-0.3, -0.25) is 0 Å². The smallest absolute Gasteiger partial charge is 0.127 e. The van der Waals surface area contributed by atoms with Crippen LogP contribution in [0, 0.1) is 0 Å². The van der Waals surface area contributed by atoms with E-state index < -0.39 is 0 Å². The van der Waals surface area contributed by atoms with Crippen LogP contribution in [-0.2, 0) is 19.5 Å². The van der Waals surface area contributed by atoms with Gasteiger partial charge in [-0.05, 0) is 35.4 Å². The fourth-order valence-electron chi connectivity index (χ4n) is 2.70. The summed E-state index contributed by atoms with van der Waals surface area (Å²) >= 11 is 6.21. The lowest BCUT2D eigenvalue weighted by Gasteiger charge is -2.21. The van der Waals surface area contributed by atoms with E-state index in [0.717, 1.165) is 47.2 Å². The van der Waals surface area contributed by atoms with Gasteiger partial charge in [-0.25, -0.2) is 0 Å². The fourth-order valence-corrected chi connectivity index (χ4v) is 2.96. The van der Waals surface area contributed by atoms with Crippen LogP contribution in [0.3, 0.4) is 0 Å². The number of fused-ring (bicyclic) bond motifs is 1. The average Bonchev–Trinajstić information content (AvgIpc) is 2.95. The summed E-state index contributed by atoms with van der Waals surface area (Å²) in [5.74, 6) is 1.00. The fraction of sp³-hybridized carbons (Fsp3) is 0.294. The van der Waals surface area contributed by atoms with Crippen molar-refractivity contribution in [2.24, 2.45) is 5.73 Å². The standard InChI is InChI=1S/C17H19ClN2O/c1-20(16-4-2-12(10-19)3-5-16)11-14-9-15(18)8-13-6-7-21-17(13)14/h2-5,8-9H,6-7,10-11,19H2,1H3. The van der Waals surface area contributed by atoms with Crippen LogP contribution in [0.15, 0.2) is 36.4 Å². The van der Waals surface area contributed by atoms with Gasteiger partial charge in [0, 0.05) is 42.8 Å². The SMILES string of the molecule is CN(Cc1cc(Cl)cc2c1OCC2)c1ccc(CN)cc1. The van der Waals surface area contributed by atoms with Crippen molar-refractivity contribution in [3.63, 3.8) is 0 Å². The molecule has 3 nitrogen and oxygen atoms in total. The Morgan fingerprint density at radius 1 is 1.24 bits per heavy atom. The third-order valence-electron chi connectivity index (χ3n) is 3.85. The van der Waals surface area contributed by atoms with Crippen LogP contribution < -0.4 is 15.4 Å². The largest absolute Gasteiger partial charge is 0.493 e. The van der Waals surface area contributed by atoms with Gasteiger partial charge in [0.05, 0.1) is 6.61 Å². The molecule has 4 heteroatoms. The maximum Gasteiger partial charge on any atom is 0.127 e. The minimum atomic E-state index is 0.569. The van der Waals surface area contributed by atoms with E-state index in [9.17, 15) is 0 Å². The molecule has 0 saturated heterocycles. The lowest BCUT2D eigenvalue weighted by Crippen LogP contribution is -2.17. The second-order valence-electron chi connectivity index (χ2n) is 5.38. The Labute approximate surface area is 130 Å². The first-order valence-corrected chi connectivity index (χ1v) is 7.49. The summed E-state index contributed by atoms with van der Waals surface area (Å²) in [6.07, 6.45) is 0.942. The second-order valence-corrected chi connectivity index (χ2v) is 5.81. The minimum Gasteiger partial charge on any atom is -0.493 e. The molecule has 2 N–H and O–H groups in total. The van der Waals surface area contributed by atoms with Crippen LogP contribution in [0.4, 0.5) is 5.69 Å². The number of rotatable bonds is 4. The molecule has 0 saturated carbocycles. The van der Waals surface area contributed by atoms with E-state index in [1.807, 2.05) is 12.1 Å². The molecule has 1 heterocycles. The number of halogens is 1. The van der Waals surface area contributed by atoms with Crippen molar-refractivity contribution in [3.8, 4) is 5.75 Å². The van der Waals surface area contributed by atoms with Gasteiger partial charge in [0.1, 0.15) is 5.75 Å². The van der Waals surface area contributed by atoms with Crippen molar-refractivity contribution in [2.45, 2.75) is 19.5 Å². The molecule has 21 heavy (non-hydrogen) atoms. The molecular formula is C17H19ClN2O. The highest BCUT2D eigenvalue weighted by atomic mass is 35.5. The van der Waals surface area contributed by atoms with E-state index in [4.69, 9.17) is 22.1 Å². The van der Waals surface area contributed by atoms with Gasteiger partial charge in [0.15, 0.2) is 0 Å². The Morgan fingerprint density at radius 3 is 2.71 bits per heavy atom. The summed E-state index contributed by atoms with van der Waals surface area (Å²) in [6, 6.07) is 12.3. The molecule has 3 rings (SSSR count). The van der Waals surface area contributed by atoms with E-state index in [2.05, 4.69) is 36.2 Å². The molecule has 0 radical (unpaired) electrons. The lowest BCUT2D eigenvalue weighted by molar-refractivity contribution is 0.353. The van der Waals surface area contributed by atoms with Crippen LogP contribution in [0.5, 0.6) is 5.75 Å². The van der Waals surface area contributed by atoms with E-state index in [1.165, 1.54) is 5.56 Å². The summed E-state index contributed by atoms with van der Waals surface area (Å²) in [4.78, 5) is 2.19. The number of hydrogen-bond donors (Lipinski definition) is 1. The molecule has 0 aromatic heterocycles. The first-order chi connectivity index (χ1) is 10.2. The quantitative estimate of drug-likeness (QED) is 0.941. The number of anilines is 1. The Kier molecular flexibility index (Phi) is 4.04. The lowest BCUT2D eigenvalue weighted by atomic mass is 10.1. The zero-order chi connectivity index (χ0) is 14.8. The number of nitrogens with zero attached hydrogens (tertiary/aromatic N) is 1. The van der Waals surface area contributed by atoms with Gasteiger partial charge >= 0.3 is 0 Å². The second kappa shape index (κ2) is 5.96. The Bertz CT molecular complexity index is 640. The van der Waals surface area contributed by atoms with Crippen LogP contribution >= 0.6 is 11.6 Å². The van der Waals surface area contributed by atoms with E-state index >= 15 is 0 Å². The average molecular weight is 303 g/mol. The molecule has 0 atom stereocenters. The third kappa shape index (κ3) is 2.99. The van der Waals surface area contributed by atoms with Gasteiger partial charge in [0.25, 0.3) is 0 Å². The van der Waals surface area contributed by atoms with Crippen molar-refractivity contribution in [2.75, 3.05) is 18.6 Å². The minimum absolute atomic E-state index is 0.569. The maximum absolute atomic E-state index is 6.21. The number of hydrogen-bond acceptors (Lipinski definition) is 3. The summed E-state index contributed by atoms with van der Waals surface area (Å²) in [5, 5.41) is 0.779. The molecule has 1 aliphatic heterocycles. The topological polar surface area (TPSA) is 38.5 Å². The van der Waals surface area contributed by atoms with Gasteiger partial charge in [-0.2, -0.15) is 0 Å². The number of benzene rings is 2. The van der Waals surface area contributed by atoms with E-state index in [0.29, 0.717) is 6.54 Å². The molecule has 0 spiro atoms. The van der Waals surface area contributed by atoms with Gasteiger partial charge < -0.3 is 15.4 Å². The van der Waals surface area contributed by atoms with Crippen LogP contribution in [0.2, 0.25) is 5.02 Å². The Morgan fingerprint density at radius 2 is 2.00 bits per heavy atom. The maximum atomic E-state index is 6.21. The molecule has 0 bridgehead atoms. The summed E-state index contributed by atoms with van der Waals surface area (Å²) in [6.45, 7) is 2.09. The van der Waals surface area contributed by atoms with Crippen molar-refractivity contribution >= 4 is 17.3 Å². The Hall–Kier alpha value is -1.71. The van der Waals surface area contributed by atoms with Crippen molar-refractivity contribution < 1.29 is 4.74 Å². The molecule has 110 valence electrons. The molecule has 0 amide bonds. The van der Waals surface area contributed by atoms with Crippen LogP contribution in [0.25, 0.3) is 0 Å². The monoisotopic (exact) mass is 302 g/mol. The summed E-state index contributed by atoms with van der Waals surface area (Å²) in [7, 11) is 2.07. The highest BCUT2D eigenvalue weighted by molar-refractivity contribution is 6.30. The van der Waals surface area contributed by atoms with E-state index in [1.54, 1.807) is 0 Å². The third-order valence-corrected chi connectivity index (χ3v) is 4.06. The number of nitrogens with two attached hydrogens (primary N) is 1. The van der Waals surface area contributed by atoms with Gasteiger partial charge in [-0.1, -0.05) is 23.7 Å². The van der Waals surface area contributed by atoms with Crippen molar-refractivity contribution in [1.29, 1.82) is 0 Å². The van der Waals surface area contributed by atoms with Crippen molar-refractivity contribution in [3.05, 3.63) is 58.1 Å². The zero-order valence-corrected chi connectivity index (χ0v) is 12.9. The van der Waals surface area contributed by atoms with Gasteiger partial charge in [-0.15, -0.1) is 0 Å². The first-order valence-electron chi connectivity index (χ1n) is 7.11. The predicted octanol–water partition coefficient (Wildman–Crippen LogP) is 3.37. The van der Waals surface area contributed by atoms with Crippen molar-refractivity contribution in [1.82, 2.24) is 0 Å². The van der Waals surface area contributed by atoms with Gasteiger partial charge in [0.2, 0.25) is 0 Å². The zero-order valence-electron chi connectivity index (χ0n) is 12.1. The van der Waals surface area contributed by atoms with E-state index in [-0.39, 0.29) is 0 Å². The molecule has 0 aliphatic carbocycles. The molecule has 2 aromatic carbocycles. The predicted molar refractivity (Wildman–Crippen MR) is 87.1 cm³/mol. The Balaban J connectivity index is 1.82. The molecule has 0 unspecified atom stereocenters.